The van der Waals surface area contributed by atoms with Crippen molar-refractivity contribution in [3.63, 3.8) is 0 Å². The van der Waals surface area contributed by atoms with Crippen LogP contribution in [0.1, 0.15) is 43.9 Å². The molecule has 19 heavy (non-hydrogen) atoms. The van der Waals surface area contributed by atoms with Gasteiger partial charge in [0.25, 0.3) is 0 Å². The molecule has 1 heterocycles. The van der Waals surface area contributed by atoms with E-state index in [2.05, 4.69) is 24.9 Å². The Hall–Kier alpha value is -0.800. The van der Waals surface area contributed by atoms with E-state index in [-0.39, 0.29) is 0 Å². The van der Waals surface area contributed by atoms with Gasteiger partial charge in [0.15, 0.2) is 0 Å². The van der Waals surface area contributed by atoms with Gasteiger partial charge < -0.3 is 15.1 Å². The molecule has 2 atom stereocenters. The Kier molecular flexibility index (Phi) is 4.69. The summed E-state index contributed by atoms with van der Waals surface area (Å²) in [4.78, 5) is 2.41. The van der Waals surface area contributed by atoms with E-state index < -0.39 is 0 Å². The van der Waals surface area contributed by atoms with Gasteiger partial charge in [-0.25, -0.2) is 0 Å². The van der Waals surface area contributed by atoms with Crippen molar-refractivity contribution in [1.82, 2.24) is 4.90 Å². The van der Waals surface area contributed by atoms with Crippen LogP contribution in [0.2, 0.25) is 0 Å². The van der Waals surface area contributed by atoms with Gasteiger partial charge in [-0.05, 0) is 50.8 Å². The molecule has 0 aromatic carbocycles. The first-order chi connectivity index (χ1) is 9.04. The maximum absolute atomic E-state index is 6.11. The molecule has 0 spiro atoms. The van der Waals surface area contributed by atoms with Crippen LogP contribution in [0, 0.1) is 18.3 Å². The Labute approximate surface area is 117 Å². The summed E-state index contributed by atoms with van der Waals surface area (Å²) in [6, 6.07) is 2.07. The number of hydrogen-bond acceptors (Lipinski definition) is 3. The van der Waals surface area contributed by atoms with Gasteiger partial charge in [-0.2, -0.15) is 0 Å². The lowest BCUT2D eigenvalue weighted by Gasteiger charge is -2.41. The second-order valence-corrected chi connectivity index (χ2v) is 6.58. The van der Waals surface area contributed by atoms with Crippen LogP contribution in [0.5, 0.6) is 0 Å². The fraction of sp³-hybridized carbons (Fsp3) is 0.750. The maximum atomic E-state index is 6.11. The minimum atomic E-state index is 0.323. The molecule has 2 rings (SSSR count). The van der Waals surface area contributed by atoms with Crippen LogP contribution in [-0.2, 0) is 6.54 Å². The molecule has 0 aliphatic heterocycles. The SMILES string of the molecule is Cc1occc1CN(C)CC1(CN)CCCC(C)C1. The zero-order chi connectivity index (χ0) is 13.9. The van der Waals surface area contributed by atoms with E-state index in [1.165, 1.54) is 31.2 Å². The van der Waals surface area contributed by atoms with Crippen molar-refractivity contribution in [2.75, 3.05) is 20.1 Å². The molecule has 108 valence electrons. The van der Waals surface area contributed by atoms with E-state index in [4.69, 9.17) is 10.2 Å². The molecular formula is C16H28N2O. The monoisotopic (exact) mass is 264 g/mol. The van der Waals surface area contributed by atoms with Crippen LogP contribution < -0.4 is 5.73 Å². The van der Waals surface area contributed by atoms with Gasteiger partial charge in [-0.15, -0.1) is 0 Å². The number of hydrogen-bond donors (Lipinski definition) is 1. The minimum absolute atomic E-state index is 0.323. The number of nitrogens with two attached hydrogens (primary N) is 1. The van der Waals surface area contributed by atoms with Crippen LogP contribution in [-0.4, -0.2) is 25.0 Å². The highest BCUT2D eigenvalue weighted by molar-refractivity contribution is 5.15. The predicted octanol–water partition coefficient (Wildman–Crippen LogP) is 3.18. The average Bonchev–Trinajstić information content (AvgIpc) is 2.75. The summed E-state index contributed by atoms with van der Waals surface area (Å²) in [6.45, 7) is 7.26. The third kappa shape index (κ3) is 3.61. The topological polar surface area (TPSA) is 42.4 Å². The van der Waals surface area contributed by atoms with E-state index in [1.807, 2.05) is 6.92 Å². The highest BCUT2D eigenvalue weighted by Gasteiger charge is 2.34. The molecule has 3 nitrogen and oxygen atoms in total. The summed E-state index contributed by atoms with van der Waals surface area (Å²) >= 11 is 0. The van der Waals surface area contributed by atoms with Gasteiger partial charge in [0, 0.05) is 18.7 Å². The first-order valence-electron chi connectivity index (χ1n) is 7.46. The normalized spacial score (nSPS) is 27.9. The molecule has 0 amide bonds. The van der Waals surface area contributed by atoms with Crippen molar-refractivity contribution < 1.29 is 4.42 Å². The van der Waals surface area contributed by atoms with Crippen molar-refractivity contribution in [2.45, 2.75) is 46.1 Å². The number of nitrogens with zero attached hydrogens (tertiary/aromatic N) is 1. The molecular weight excluding hydrogens is 236 g/mol. The number of aryl methyl sites for hydroxylation is 1. The first-order valence-corrected chi connectivity index (χ1v) is 7.46. The van der Waals surface area contributed by atoms with E-state index in [1.54, 1.807) is 6.26 Å². The zero-order valence-electron chi connectivity index (χ0n) is 12.6. The largest absolute Gasteiger partial charge is 0.469 e. The molecule has 1 fully saturated rings. The lowest BCUT2D eigenvalue weighted by Crippen LogP contribution is -2.44. The van der Waals surface area contributed by atoms with Crippen molar-refractivity contribution in [3.05, 3.63) is 23.7 Å². The summed E-state index contributed by atoms with van der Waals surface area (Å²) < 4.78 is 5.37. The molecule has 1 aliphatic rings. The highest BCUT2D eigenvalue weighted by Crippen LogP contribution is 2.39. The molecule has 0 radical (unpaired) electrons. The van der Waals surface area contributed by atoms with Crippen LogP contribution in [0.3, 0.4) is 0 Å². The Morgan fingerprint density at radius 2 is 2.32 bits per heavy atom. The van der Waals surface area contributed by atoms with Gasteiger partial charge in [0.1, 0.15) is 5.76 Å². The molecule has 1 aliphatic carbocycles. The highest BCUT2D eigenvalue weighted by atomic mass is 16.3. The number of rotatable bonds is 5. The van der Waals surface area contributed by atoms with Crippen molar-refractivity contribution in [1.29, 1.82) is 0 Å². The molecule has 2 N–H and O–H groups in total. The molecule has 1 aromatic rings. The minimum Gasteiger partial charge on any atom is -0.469 e. The second-order valence-electron chi connectivity index (χ2n) is 6.58. The van der Waals surface area contributed by atoms with Crippen molar-refractivity contribution >= 4 is 0 Å². The molecule has 1 saturated carbocycles. The first kappa shape index (κ1) is 14.6. The maximum Gasteiger partial charge on any atom is 0.105 e. The van der Waals surface area contributed by atoms with Gasteiger partial charge in [0.05, 0.1) is 6.26 Å². The van der Waals surface area contributed by atoms with Gasteiger partial charge in [0.2, 0.25) is 0 Å². The summed E-state index contributed by atoms with van der Waals surface area (Å²) in [5.74, 6) is 1.85. The van der Waals surface area contributed by atoms with Gasteiger partial charge in [-0.1, -0.05) is 19.8 Å². The van der Waals surface area contributed by atoms with Crippen LogP contribution in [0.15, 0.2) is 16.7 Å². The average molecular weight is 264 g/mol. The predicted molar refractivity (Wildman–Crippen MR) is 78.9 cm³/mol. The summed E-state index contributed by atoms with van der Waals surface area (Å²) in [5, 5.41) is 0. The van der Waals surface area contributed by atoms with E-state index in [0.717, 1.165) is 31.3 Å². The molecule has 3 heteroatoms. The zero-order valence-corrected chi connectivity index (χ0v) is 12.6. The van der Waals surface area contributed by atoms with Crippen molar-refractivity contribution in [2.24, 2.45) is 17.1 Å². The van der Waals surface area contributed by atoms with Crippen LogP contribution in [0.25, 0.3) is 0 Å². The second kappa shape index (κ2) is 6.10. The third-order valence-corrected chi connectivity index (χ3v) is 4.63. The van der Waals surface area contributed by atoms with Crippen LogP contribution in [0.4, 0.5) is 0 Å². The van der Waals surface area contributed by atoms with E-state index in [9.17, 15) is 0 Å². The lowest BCUT2D eigenvalue weighted by molar-refractivity contribution is 0.0979. The fourth-order valence-corrected chi connectivity index (χ4v) is 3.66. The molecule has 0 bridgehead atoms. The Balaban J connectivity index is 1.96. The quantitative estimate of drug-likeness (QED) is 0.888. The van der Waals surface area contributed by atoms with Crippen LogP contribution >= 0.6 is 0 Å². The summed E-state index contributed by atoms with van der Waals surface area (Å²) in [5.41, 5.74) is 7.72. The smallest absolute Gasteiger partial charge is 0.105 e. The van der Waals surface area contributed by atoms with Gasteiger partial charge >= 0.3 is 0 Å². The summed E-state index contributed by atoms with van der Waals surface area (Å²) in [6.07, 6.45) is 7.03. The fourth-order valence-electron chi connectivity index (χ4n) is 3.66. The van der Waals surface area contributed by atoms with Crippen molar-refractivity contribution in [3.8, 4) is 0 Å². The van der Waals surface area contributed by atoms with Gasteiger partial charge in [-0.3, -0.25) is 0 Å². The van der Waals surface area contributed by atoms with E-state index >= 15 is 0 Å². The molecule has 1 aromatic heterocycles. The number of furan rings is 1. The Bertz CT molecular complexity index is 401. The summed E-state index contributed by atoms with van der Waals surface area (Å²) in [7, 11) is 2.20. The molecule has 0 saturated heterocycles. The van der Waals surface area contributed by atoms with E-state index in [0.29, 0.717) is 5.41 Å². The molecule has 2 unspecified atom stereocenters. The third-order valence-electron chi connectivity index (χ3n) is 4.63. The lowest BCUT2D eigenvalue weighted by atomic mass is 9.70. The Morgan fingerprint density at radius 1 is 1.53 bits per heavy atom. The Morgan fingerprint density at radius 3 is 2.89 bits per heavy atom. The standard InChI is InChI=1S/C16H28N2O/c1-13-5-4-7-16(9-13,11-17)12-18(3)10-15-6-8-19-14(15)2/h6,8,13H,4-5,7,9-12,17H2,1-3H3.